The molecular weight excluding hydrogens is 200 g/mol. The Labute approximate surface area is 97.7 Å². The van der Waals surface area contributed by atoms with Gasteiger partial charge in [0.15, 0.2) is 0 Å². The lowest BCUT2D eigenvalue weighted by Crippen LogP contribution is -2.39. The molecule has 0 bridgehead atoms. The molecule has 2 rings (SSSR count). The van der Waals surface area contributed by atoms with E-state index in [1.54, 1.807) is 0 Å². The van der Waals surface area contributed by atoms with Crippen LogP contribution in [0.5, 0.6) is 0 Å². The molecule has 0 saturated heterocycles. The summed E-state index contributed by atoms with van der Waals surface area (Å²) in [5.41, 5.74) is 1.57. The number of aldehydes is 1. The van der Waals surface area contributed by atoms with E-state index in [2.05, 4.69) is 19.9 Å². The number of fused-ring (bicyclic) bond motifs is 1. The Bertz CT molecular complexity index is 308. The maximum atomic E-state index is 10.6. The molecule has 0 amide bonds. The quantitative estimate of drug-likeness (QED) is 0.589. The van der Waals surface area contributed by atoms with Gasteiger partial charge in [0.05, 0.1) is 6.10 Å². The van der Waals surface area contributed by atoms with Crippen molar-refractivity contribution >= 4 is 6.29 Å². The van der Waals surface area contributed by atoms with Gasteiger partial charge in [-0.2, -0.15) is 0 Å². The number of aliphatic hydroxyl groups is 1. The van der Waals surface area contributed by atoms with Crippen molar-refractivity contribution < 1.29 is 9.90 Å². The maximum absolute atomic E-state index is 10.6. The molecule has 4 atom stereocenters. The zero-order valence-corrected chi connectivity index (χ0v) is 10.3. The van der Waals surface area contributed by atoms with E-state index < -0.39 is 0 Å². The van der Waals surface area contributed by atoms with Gasteiger partial charge in [-0.1, -0.05) is 25.5 Å². The Morgan fingerprint density at radius 3 is 3.12 bits per heavy atom. The fourth-order valence-corrected chi connectivity index (χ4v) is 3.79. The molecule has 2 aliphatic rings. The Kier molecular flexibility index (Phi) is 3.20. The fraction of sp³-hybridized carbons (Fsp3) is 0.786. The van der Waals surface area contributed by atoms with Gasteiger partial charge in [0, 0.05) is 6.42 Å². The molecule has 0 spiro atoms. The molecule has 0 radical (unpaired) electrons. The van der Waals surface area contributed by atoms with Crippen LogP contribution in [0.1, 0.15) is 46.0 Å². The van der Waals surface area contributed by atoms with E-state index in [9.17, 15) is 9.90 Å². The number of aliphatic hydroxyl groups excluding tert-OH is 1. The van der Waals surface area contributed by atoms with Crippen molar-refractivity contribution in [1.82, 2.24) is 0 Å². The van der Waals surface area contributed by atoms with Gasteiger partial charge in [0.1, 0.15) is 6.29 Å². The minimum Gasteiger partial charge on any atom is -0.393 e. The van der Waals surface area contributed by atoms with E-state index in [-0.39, 0.29) is 11.5 Å². The van der Waals surface area contributed by atoms with Crippen molar-refractivity contribution in [3.63, 3.8) is 0 Å². The Morgan fingerprint density at radius 1 is 1.69 bits per heavy atom. The average molecular weight is 222 g/mol. The summed E-state index contributed by atoms with van der Waals surface area (Å²) in [5, 5.41) is 10.1. The molecule has 0 aliphatic heterocycles. The van der Waals surface area contributed by atoms with Crippen LogP contribution >= 0.6 is 0 Å². The SMILES string of the molecule is C[C@@H](CC=O)C1=CCC2[C@@H](O)CCC[C@]12C. The predicted molar refractivity (Wildman–Crippen MR) is 64.0 cm³/mol. The lowest BCUT2D eigenvalue weighted by Gasteiger charge is -2.43. The highest BCUT2D eigenvalue weighted by atomic mass is 16.3. The highest BCUT2D eigenvalue weighted by molar-refractivity contribution is 5.51. The van der Waals surface area contributed by atoms with E-state index in [1.807, 2.05) is 0 Å². The largest absolute Gasteiger partial charge is 0.393 e. The molecule has 0 aromatic heterocycles. The van der Waals surface area contributed by atoms with E-state index in [0.29, 0.717) is 18.3 Å². The van der Waals surface area contributed by atoms with Gasteiger partial charge in [-0.25, -0.2) is 0 Å². The molecule has 2 aliphatic carbocycles. The van der Waals surface area contributed by atoms with Crippen molar-refractivity contribution in [2.24, 2.45) is 17.3 Å². The second kappa shape index (κ2) is 4.33. The van der Waals surface area contributed by atoms with Crippen LogP contribution in [0.3, 0.4) is 0 Å². The highest BCUT2D eigenvalue weighted by Gasteiger charge is 2.47. The van der Waals surface area contributed by atoms with Crippen LogP contribution in [0.25, 0.3) is 0 Å². The Morgan fingerprint density at radius 2 is 2.44 bits per heavy atom. The highest BCUT2D eigenvalue weighted by Crippen LogP contribution is 2.54. The van der Waals surface area contributed by atoms with Gasteiger partial charge < -0.3 is 9.90 Å². The molecule has 2 nitrogen and oxygen atoms in total. The summed E-state index contributed by atoms with van der Waals surface area (Å²) in [5.74, 6) is 0.739. The third-order valence-corrected chi connectivity index (χ3v) is 4.71. The number of hydrogen-bond donors (Lipinski definition) is 1. The molecule has 0 aromatic carbocycles. The third kappa shape index (κ3) is 1.73. The molecule has 1 unspecified atom stereocenters. The van der Waals surface area contributed by atoms with E-state index >= 15 is 0 Å². The summed E-state index contributed by atoms with van der Waals surface area (Å²) in [4.78, 5) is 10.6. The Hall–Kier alpha value is -0.630. The monoisotopic (exact) mass is 222 g/mol. The first kappa shape index (κ1) is 11.8. The molecule has 0 aromatic rings. The molecular formula is C14H22O2. The number of hydrogen-bond acceptors (Lipinski definition) is 2. The molecule has 1 fully saturated rings. The molecule has 90 valence electrons. The lowest BCUT2D eigenvalue weighted by molar-refractivity contribution is -0.108. The average Bonchev–Trinajstić information content (AvgIpc) is 2.57. The molecule has 0 heterocycles. The number of carbonyl (C=O) groups excluding carboxylic acids is 1. The second-order valence-electron chi connectivity index (χ2n) is 5.68. The molecule has 1 N–H and O–H groups in total. The fourth-order valence-electron chi connectivity index (χ4n) is 3.79. The summed E-state index contributed by atoms with van der Waals surface area (Å²) in [6.45, 7) is 4.41. The summed E-state index contributed by atoms with van der Waals surface area (Å²) < 4.78 is 0. The summed E-state index contributed by atoms with van der Waals surface area (Å²) in [7, 11) is 0. The van der Waals surface area contributed by atoms with Gasteiger partial charge in [-0.3, -0.25) is 0 Å². The Balaban J connectivity index is 2.19. The first-order chi connectivity index (χ1) is 7.59. The van der Waals surface area contributed by atoms with Gasteiger partial charge in [-0.05, 0) is 42.9 Å². The number of carbonyl (C=O) groups is 1. The van der Waals surface area contributed by atoms with Crippen molar-refractivity contribution in [3.8, 4) is 0 Å². The van der Waals surface area contributed by atoms with E-state index in [4.69, 9.17) is 0 Å². The number of rotatable bonds is 3. The minimum absolute atomic E-state index is 0.143. The van der Waals surface area contributed by atoms with Crippen molar-refractivity contribution in [2.75, 3.05) is 0 Å². The third-order valence-electron chi connectivity index (χ3n) is 4.71. The lowest BCUT2D eigenvalue weighted by atomic mass is 9.63. The minimum atomic E-state index is -0.143. The van der Waals surface area contributed by atoms with Crippen molar-refractivity contribution in [1.29, 1.82) is 0 Å². The summed E-state index contributed by atoms with van der Waals surface area (Å²) in [6.07, 6.45) is 8.00. The van der Waals surface area contributed by atoms with Crippen molar-refractivity contribution in [3.05, 3.63) is 11.6 Å². The van der Waals surface area contributed by atoms with Gasteiger partial charge in [0.2, 0.25) is 0 Å². The normalized spacial score (nSPS) is 40.1. The van der Waals surface area contributed by atoms with Gasteiger partial charge in [0.25, 0.3) is 0 Å². The predicted octanol–water partition coefficient (Wildman–Crippen LogP) is 2.71. The van der Waals surface area contributed by atoms with E-state index in [0.717, 1.165) is 25.5 Å². The van der Waals surface area contributed by atoms with Crippen LogP contribution < -0.4 is 0 Å². The maximum Gasteiger partial charge on any atom is 0.120 e. The van der Waals surface area contributed by atoms with Crippen LogP contribution in [0.15, 0.2) is 11.6 Å². The molecule has 16 heavy (non-hydrogen) atoms. The van der Waals surface area contributed by atoms with Gasteiger partial charge >= 0.3 is 0 Å². The summed E-state index contributed by atoms with van der Waals surface area (Å²) in [6, 6.07) is 0. The molecule has 1 saturated carbocycles. The topological polar surface area (TPSA) is 37.3 Å². The standard InChI is InChI=1S/C14H22O2/c1-10(7-9-15)11-5-6-12-13(16)4-3-8-14(11,12)2/h5,9-10,12-13,16H,3-4,6-8H2,1-2H3/t10-,12?,13-,14+/m0/s1. The molecule has 2 heteroatoms. The van der Waals surface area contributed by atoms with Gasteiger partial charge in [-0.15, -0.1) is 0 Å². The zero-order chi connectivity index (χ0) is 11.8. The van der Waals surface area contributed by atoms with Crippen LogP contribution in [0.4, 0.5) is 0 Å². The zero-order valence-electron chi connectivity index (χ0n) is 10.3. The van der Waals surface area contributed by atoms with E-state index in [1.165, 1.54) is 12.0 Å². The van der Waals surface area contributed by atoms with Crippen LogP contribution in [0, 0.1) is 17.3 Å². The first-order valence-corrected chi connectivity index (χ1v) is 6.42. The van der Waals surface area contributed by atoms with Crippen LogP contribution in [-0.2, 0) is 4.79 Å². The number of allylic oxidation sites excluding steroid dienone is 2. The first-order valence-electron chi connectivity index (χ1n) is 6.42. The van der Waals surface area contributed by atoms with Crippen molar-refractivity contribution in [2.45, 2.75) is 52.1 Å². The smallest absolute Gasteiger partial charge is 0.120 e. The van der Waals surface area contributed by atoms with Crippen LogP contribution in [-0.4, -0.2) is 17.5 Å². The van der Waals surface area contributed by atoms with Crippen LogP contribution in [0.2, 0.25) is 0 Å². The second-order valence-corrected chi connectivity index (χ2v) is 5.68. The summed E-state index contributed by atoms with van der Waals surface area (Å²) >= 11 is 0.